The molecule has 0 bridgehead atoms. The number of allylic oxidation sites excluding steroid dienone is 2. The van der Waals surface area contributed by atoms with E-state index in [9.17, 15) is 0 Å². The first-order valence-electron chi connectivity index (χ1n) is 12.7. The van der Waals surface area contributed by atoms with E-state index in [0.717, 1.165) is 19.3 Å². The maximum atomic E-state index is 2.50. The van der Waals surface area contributed by atoms with Gasteiger partial charge in [0.1, 0.15) is 0 Å². The predicted molar refractivity (Wildman–Crippen MR) is 146 cm³/mol. The van der Waals surface area contributed by atoms with Crippen molar-refractivity contribution in [2.75, 3.05) is 4.81 Å². The molecule has 3 aromatic carbocycles. The molecule has 0 atom stereocenters. The first-order valence-corrected chi connectivity index (χ1v) is 12.7. The van der Waals surface area contributed by atoms with Gasteiger partial charge in [0.15, 0.2) is 0 Å². The largest absolute Gasteiger partial charge is 0.377 e. The fourth-order valence-corrected chi connectivity index (χ4v) is 4.78. The Morgan fingerprint density at radius 3 is 1.61 bits per heavy atom. The number of hydrogen-bond donors (Lipinski definition) is 0. The molecule has 2 heteroatoms. The topological polar surface area (TPSA) is 3.24 Å². The van der Waals surface area contributed by atoms with Crippen LogP contribution in [0.4, 0.5) is 5.69 Å². The minimum atomic E-state index is 0.174. The number of hydrogen-bond acceptors (Lipinski definition) is 1. The standard InChI is InChI=1S/C31H36BN/c1-4-8-25-12-18-28(19-13-25)31-11-7-24-32(29-20-14-26(9-5-2)15-21-29)33(31)30-22-16-27(10-6-3)17-23-30/h7,11-24H,4-6,8-10H2,1-3H3. The van der Waals surface area contributed by atoms with Crippen LogP contribution >= 0.6 is 0 Å². The van der Waals surface area contributed by atoms with Gasteiger partial charge in [-0.15, -0.1) is 0 Å². The average molecular weight is 433 g/mol. The highest BCUT2D eigenvalue weighted by molar-refractivity contribution is 6.83. The summed E-state index contributed by atoms with van der Waals surface area (Å²) in [5.74, 6) is 2.32. The normalized spacial score (nSPS) is 13.4. The Morgan fingerprint density at radius 2 is 1.09 bits per heavy atom. The molecule has 33 heavy (non-hydrogen) atoms. The van der Waals surface area contributed by atoms with Gasteiger partial charge in [0.05, 0.1) is 0 Å². The summed E-state index contributed by atoms with van der Waals surface area (Å²) in [6.45, 7) is 6.89. The molecule has 1 aliphatic heterocycles. The molecule has 1 heterocycles. The molecule has 168 valence electrons. The summed E-state index contributed by atoms with van der Waals surface area (Å²) in [7, 11) is 0. The molecular weight excluding hydrogens is 397 g/mol. The second-order valence-electron chi connectivity index (χ2n) is 9.11. The van der Waals surface area contributed by atoms with Crippen molar-refractivity contribution in [1.29, 1.82) is 0 Å². The molecular formula is C31H36BN. The van der Waals surface area contributed by atoms with Crippen LogP contribution in [0.15, 0.2) is 90.9 Å². The minimum absolute atomic E-state index is 0.174. The Bertz CT molecular complexity index is 1080. The van der Waals surface area contributed by atoms with E-state index in [2.05, 4.69) is 117 Å². The zero-order valence-corrected chi connectivity index (χ0v) is 20.4. The number of aryl methyl sites for hydroxylation is 3. The van der Waals surface area contributed by atoms with Crippen LogP contribution in [0.25, 0.3) is 5.70 Å². The Kier molecular flexibility index (Phi) is 7.89. The summed E-state index contributed by atoms with van der Waals surface area (Å²) < 4.78 is 0. The zero-order valence-electron chi connectivity index (χ0n) is 20.4. The lowest BCUT2D eigenvalue weighted by Crippen LogP contribution is -2.47. The van der Waals surface area contributed by atoms with Crippen LogP contribution in [-0.2, 0) is 19.3 Å². The van der Waals surface area contributed by atoms with E-state index in [-0.39, 0.29) is 6.85 Å². The van der Waals surface area contributed by atoms with Crippen LogP contribution in [0.3, 0.4) is 0 Å². The highest BCUT2D eigenvalue weighted by atomic mass is 15.1. The molecule has 0 amide bonds. The van der Waals surface area contributed by atoms with Crippen molar-refractivity contribution in [2.24, 2.45) is 0 Å². The fraction of sp³-hybridized carbons (Fsp3) is 0.290. The van der Waals surface area contributed by atoms with Crippen molar-refractivity contribution in [3.05, 3.63) is 113 Å². The van der Waals surface area contributed by atoms with Gasteiger partial charge in [-0.2, -0.15) is 0 Å². The molecule has 0 fully saturated rings. The van der Waals surface area contributed by atoms with E-state index in [1.807, 2.05) is 0 Å². The molecule has 0 radical (unpaired) electrons. The van der Waals surface area contributed by atoms with Crippen molar-refractivity contribution < 1.29 is 0 Å². The van der Waals surface area contributed by atoms with Gasteiger partial charge in [0.25, 0.3) is 0 Å². The molecule has 0 saturated carbocycles. The predicted octanol–water partition coefficient (Wildman–Crippen LogP) is 7.40. The van der Waals surface area contributed by atoms with E-state index >= 15 is 0 Å². The van der Waals surface area contributed by atoms with E-state index in [1.165, 1.54) is 58.4 Å². The summed E-state index contributed by atoms with van der Waals surface area (Å²) in [6, 6.07) is 27.5. The Labute approximate surface area is 201 Å². The Morgan fingerprint density at radius 1 is 0.606 bits per heavy atom. The van der Waals surface area contributed by atoms with Gasteiger partial charge in [0, 0.05) is 11.4 Å². The van der Waals surface area contributed by atoms with Gasteiger partial charge in [0.2, 0.25) is 0 Å². The van der Waals surface area contributed by atoms with Crippen molar-refractivity contribution >= 4 is 23.7 Å². The first kappa shape index (κ1) is 23.2. The first-order chi connectivity index (χ1) is 16.2. The molecule has 3 aromatic rings. The molecule has 1 aliphatic rings. The molecule has 0 N–H and O–H groups in total. The summed E-state index contributed by atoms with van der Waals surface area (Å²) in [6.07, 6.45) is 11.4. The maximum absolute atomic E-state index is 2.50. The third-order valence-electron chi connectivity index (χ3n) is 6.49. The summed E-state index contributed by atoms with van der Waals surface area (Å²) in [5.41, 5.74) is 9.33. The Balaban J connectivity index is 1.72. The lowest BCUT2D eigenvalue weighted by Gasteiger charge is -2.35. The third-order valence-corrected chi connectivity index (χ3v) is 6.49. The van der Waals surface area contributed by atoms with Gasteiger partial charge in [-0.1, -0.05) is 118 Å². The molecule has 0 spiro atoms. The molecule has 1 nitrogen and oxygen atoms in total. The van der Waals surface area contributed by atoms with Crippen LogP contribution in [0.5, 0.6) is 0 Å². The zero-order chi connectivity index (χ0) is 23.0. The SMILES string of the molecule is CCCc1ccc(B2C=CC=C(c3ccc(CCC)cc3)N2c2ccc(CCC)cc2)cc1. The number of nitrogens with zero attached hydrogens (tertiary/aromatic N) is 1. The van der Waals surface area contributed by atoms with Crippen LogP contribution in [0, 0.1) is 0 Å². The highest BCUT2D eigenvalue weighted by Crippen LogP contribution is 2.31. The third kappa shape index (κ3) is 5.50. The quantitative estimate of drug-likeness (QED) is 0.318. The van der Waals surface area contributed by atoms with Crippen LogP contribution in [0.1, 0.15) is 62.3 Å². The molecule has 0 aliphatic carbocycles. The van der Waals surface area contributed by atoms with Crippen LogP contribution in [-0.4, -0.2) is 6.85 Å². The molecule has 4 rings (SSSR count). The van der Waals surface area contributed by atoms with Gasteiger partial charge in [-0.25, -0.2) is 0 Å². The van der Waals surface area contributed by atoms with Gasteiger partial charge < -0.3 is 4.81 Å². The second kappa shape index (κ2) is 11.2. The number of rotatable bonds is 9. The van der Waals surface area contributed by atoms with Gasteiger partial charge in [-0.3, -0.25) is 0 Å². The van der Waals surface area contributed by atoms with Crippen LogP contribution < -0.4 is 10.3 Å². The van der Waals surface area contributed by atoms with E-state index in [1.54, 1.807) is 0 Å². The van der Waals surface area contributed by atoms with E-state index < -0.39 is 0 Å². The summed E-state index contributed by atoms with van der Waals surface area (Å²) >= 11 is 0. The second-order valence-corrected chi connectivity index (χ2v) is 9.11. The molecule has 0 aromatic heterocycles. The van der Waals surface area contributed by atoms with E-state index in [4.69, 9.17) is 0 Å². The van der Waals surface area contributed by atoms with Crippen molar-refractivity contribution in [1.82, 2.24) is 0 Å². The monoisotopic (exact) mass is 433 g/mol. The number of benzene rings is 3. The van der Waals surface area contributed by atoms with Gasteiger partial charge in [-0.05, 0) is 59.7 Å². The fourth-order valence-electron chi connectivity index (χ4n) is 4.78. The summed E-state index contributed by atoms with van der Waals surface area (Å²) in [4.78, 5) is 2.50. The lowest BCUT2D eigenvalue weighted by atomic mass is 9.52. The average Bonchev–Trinajstić information content (AvgIpc) is 2.86. The van der Waals surface area contributed by atoms with Crippen LogP contribution in [0.2, 0.25) is 0 Å². The maximum Gasteiger partial charge on any atom is 0.320 e. The summed E-state index contributed by atoms with van der Waals surface area (Å²) in [5, 5.41) is 0. The minimum Gasteiger partial charge on any atom is -0.377 e. The Hall–Kier alpha value is -3.00. The highest BCUT2D eigenvalue weighted by Gasteiger charge is 2.29. The molecule has 0 unspecified atom stereocenters. The van der Waals surface area contributed by atoms with Crippen molar-refractivity contribution in [3.8, 4) is 0 Å². The van der Waals surface area contributed by atoms with E-state index in [0.29, 0.717) is 0 Å². The van der Waals surface area contributed by atoms with Crippen molar-refractivity contribution in [2.45, 2.75) is 59.3 Å². The van der Waals surface area contributed by atoms with Crippen molar-refractivity contribution in [3.63, 3.8) is 0 Å². The lowest BCUT2D eigenvalue weighted by molar-refractivity contribution is 0.921. The molecule has 0 saturated heterocycles. The smallest absolute Gasteiger partial charge is 0.320 e. The van der Waals surface area contributed by atoms with Gasteiger partial charge >= 0.3 is 6.85 Å². The number of anilines is 1.